The zero-order valence-corrected chi connectivity index (χ0v) is 9.26. The Balaban J connectivity index is 1.95. The Bertz CT molecular complexity index is 212. The molecule has 2 fully saturated rings. The monoisotopic (exact) mass is 214 g/mol. The van der Waals surface area contributed by atoms with Gasteiger partial charge in [-0.15, -0.1) is 0 Å². The van der Waals surface area contributed by atoms with E-state index in [4.69, 9.17) is 5.73 Å². The van der Waals surface area contributed by atoms with Gasteiger partial charge in [0.2, 0.25) is 5.91 Å². The summed E-state index contributed by atoms with van der Waals surface area (Å²) in [7, 11) is 0. The lowest BCUT2D eigenvalue weighted by Gasteiger charge is -2.28. The number of hydrogen-bond acceptors (Lipinski definition) is 3. The molecule has 0 bridgehead atoms. The molecule has 0 spiro atoms. The zero-order valence-electron chi connectivity index (χ0n) is 8.45. The Labute approximate surface area is 89.4 Å². The lowest BCUT2D eigenvalue weighted by Crippen LogP contribution is -2.42. The summed E-state index contributed by atoms with van der Waals surface area (Å²) in [4.78, 5) is 14.0. The van der Waals surface area contributed by atoms with Crippen LogP contribution in [0.25, 0.3) is 0 Å². The van der Waals surface area contributed by atoms with Crippen LogP contribution < -0.4 is 5.73 Å². The highest BCUT2D eigenvalue weighted by Gasteiger charge is 2.37. The number of rotatable bonds is 4. The van der Waals surface area contributed by atoms with E-state index in [-0.39, 0.29) is 5.91 Å². The van der Waals surface area contributed by atoms with E-state index in [0.29, 0.717) is 25.0 Å². The minimum atomic E-state index is 0.280. The van der Waals surface area contributed by atoms with Gasteiger partial charge in [0.25, 0.3) is 0 Å². The van der Waals surface area contributed by atoms with Crippen molar-refractivity contribution in [1.29, 1.82) is 0 Å². The van der Waals surface area contributed by atoms with E-state index in [1.54, 1.807) is 0 Å². The molecule has 1 aliphatic carbocycles. The summed E-state index contributed by atoms with van der Waals surface area (Å²) in [5.41, 5.74) is 5.43. The largest absolute Gasteiger partial charge is 0.336 e. The fourth-order valence-electron chi connectivity index (χ4n) is 2.05. The van der Waals surface area contributed by atoms with Crippen LogP contribution in [-0.4, -0.2) is 40.9 Å². The summed E-state index contributed by atoms with van der Waals surface area (Å²) in [6.45, 7) is 0.488. The number of hydrogen-bond donors (Lipinski definition) is 1. The van der Waals surface area contributed by atoms with Crippen molar-refractivity contribution in [2.75, 3.05) is 18.1 Å². The van der Waals surface area contributed by atoms with E-state index in [9.17, 15) is 4.79 Å². The van der Waals surface area contributed by atoms with Gasteiger partial charge in [-0.1, -0.05) is 0 Å². The first-order chi connectivity index (χ1) is 6.83. The summed E-state index contributed by atoms with van der Waals surface area (Å²) in [5, 5.41) is 0. The van der Waals surface area contributed by atoms with Crippen LogP contribution in [0.5, 0.6) is 0 Å². The highest BCUT2D eigenvalue weighted by Crippen LogP contribution is 2.33. The number of carbonyl (C=O) groups is 1. The molecule has 0 radical (unpaired) electrons. The summed E-state index contributed by atoms with van der Waals surface area (Å²) in [6.07, 6.45) is 4.12. The topological polar surface area (TPSA) is 46.3 Å². The maximum atomic E-state index is 11.8. The highest BCUT2D eigenvalue weighted by molar-refractivity contribution is 7.99. The van der Waals surface area contributed by atoms with Crippen LogP contribution in [0.2, 0.25) is 0 Å². The van der Waals surface area contributed by atoms with Gasteiger partial charge in [-0.25, -0.2) is 0 Å². The van der Waals surface area contributed by atoms with Crippen LogP contribution in [0.4, 0.5) is 0 Å². The van der Waals surface area contributed by atoms with Crippen LogP contribution in [0, 0.1) is 0 Å². The molecule has 3 nitrogen and oxygen atoms in total. The third kappa shape index (κ3) is 2.23. The number of nitrogens with zero attached hydrogens (tertiary/aromatic N) is 1. The molecular formula is C10H18N2OS. The Morgan fingerprint density at radius 3 is 2.64 bits per heavy atom. The summed E-state index contributed by atoms with van der Waals surface area (Å²) in [5.74, 6) is 2.62. The molecule has 0 aromatic rings. The van der Waals surface area contributed by atoms with Gasteiger partial charge in [-0.05, 0) is 25.0 Å². The highest BCUT2D eigenvalue weighted by atomic mass is 32.2. The van der Waals surface area contributed by atoms with Gasteiger partial charge < -0.3 is 10.6 Å². The third-order valence-electron chi connectivity index (χ3n) is 2.89. The predicted molar refractivity (Wildman–Crippen MR) is 59.3 cm³/mol. The smallest absolute Gasteiger partial charge is 0.224 e. The Kier molecular flexibility index (Phi) is 3.34. The SMILES string of the molecule is NCCC(=O)N(C1CC1)[C@@H]1CCSC1. The molecule has 1 aliphatic heterocycles. The summed E-state index contributed by atoms with van der Waals surface area (Å²) in [6, 6.07) is 1.06. The fraction of sp³-hybridized carbons (Fsp3) is 0.900. The average molecular weight is 214 g/mol. The zero-order chi connectivity index (χ0) is 9.97. The molecule has 1 heterocycles. The molecule has 1 saturated heterocycles. The Morgan fingerprint density at radius 1 is 1.36 bits per heavy atom. The molecule has 2 N–H and O–H groups in total. The third-order valence-corrected chi connectivity index (χ3v) is 4.03. The van der Waals surface area contributed by atoms with Crippen molar-refractivity contribution in [3.05, 3.63) is 0 Å². The molecule has 2 rings (SSSR count). The number of thioether (sulfide) groups is 1. The van der Waals surface area contributed by atoms with Crippen molar-refractivity contribution >= 4 is 17.7 Å². The summed E-state index contributed by atoms with van der Waals surface area (Å²) < 4.78 is 0. The van der Waals surface area contributed by atoms with Gasteiger partial charge >= 0.3 is 0 Å². The molecule has 14 heavy (non-hydrogen) atoms. The Hall–Kier alpha value is -0.220. The van der Waals surface area contributed by atoms with E-state index >= 15 is 0 Å². The molecule has 0 aromatic heterocycles. The Morgan fingerprint density at radius 2 is 2.14 bits per heavy atom. The molecule has 0 unspecified atom stereocenters. The van der Waals surface area contributed by atoms with Crippen molar-refractivity contribution in [2.45, 2.75) is 37.8 Å². The molecule has 4 heteroatoms. The lowest BCUT2D eigenvalue weighted by atomic mass is 10.2. The van der Waals surface area contributed by atoms with Gasteiger partial charge in [-0.2, -0.15) is 11.8 Å². The van der Waals surface area contributed by atoms with E-state index in [1.165, 1.54) is 25.0 Å². The minimum Gasteiger partial charge on any atom is -0.336 e. The van der Waals surface area contributed by atoms with Gasteiger partial charge in [0.1, 0.15) is 0 Å². The summed E-state index contributed by atoms with van der Waals surface area (Å²) >= 11 is 1.97. The van der Waals surface area contributed by atoms with Crippen molar-refractivity contribution in [3.63, 3.8) is 0 Å². The van der Waals surface area contributed by atoms with Crippen LogP contribution in [0.1, 0.15) is 25.7 Å². The second-order valence-corrected chi connectivity index (χ2v) is 5.24. The fourth-order valence-corrected chi connectivity index (χ4v) is 3.26. The normalized spacial score (nSPS) is 26.5. The van der Waals surface area contributed by atoms with Crippen LogP contribution >= 0.6 is 11.8 Å². The van der Waals surface area contributed by atoms with Crippen molar-refractivity contribution in [2.24, 2.45) is 5.73 Å². The first-order valence-electron chi connectivity index (χ1n) is 5.42. The number of amides is 1. The maximum absolute atomic E-state index is 11.8. The number of carbonyl (C=O) groups excluding carboxylic acids is 1. The van der Waals surface area contributed by atoms with E-state index < -0.39 is 0 Å². The van der Waals surface area contributed by atoms with Gasteiger partial charge in [0.05, 0.1) is 0 Å². The molecule has 1 saturated carbocycles. The minimum absolute atomic E-state index is 0.280. The van der Waals surface area contributed by atoms with Crippen LogP contribution in [0.15, 0.2) is 0 Å². The molecular weight excluding hydrogens is 196 g/mol. The second kappa shape index (κ2) is 4.53. The quantitative estimate of drug-likeness (QED) is 0.754. The molecule has 2 aliphatic rings. The predicted octanol–water partition coefficient (Wildman–Crippen LogP) is 0.832. The van der Waals surface area contributed by atoms with Crippen molar-refractivity contribution in [1.82, 2.24) is 4.90 Å². The lowest BCUT2D eigenvalue weighted by molar-refractivity contribution is -0.133. The van der Waals surface area contributed by atoms with Crippen molar-refractivity contribution in [3.8, 4) is 0 Å². The first kappa shape index (κ1) is 10.3. The average Bonchev–Trinajstić information content (AvgIpc) is 2.82. The van der Waals surface area contributed by atoms with Gasteiger partial charge in [0, 0.05) is 30.8 Å². The maximum Gasteiger partial charge on any atom is 0.224 e. The van der Waals surface area contributed by atoms with E-state index in [2.05, 4.69) is 4.90 Å². The number of nitrogens with two attached hydrogens (primary N) is 1. The first-order valence-corrected chi connectivity index (χ1v) is 6.57. The van der Waals surface area contributed by atoms with E-state index in [0.717, 1.165) is 5.75 Å². The van der Waals surface area contributed by atoms with E-state index in [1.807, 2.05) is 11.8 Å². The standard InChI is InChI=1S/C10H18N2OS/c11-5-3-10(13)12(8-1-2-8)9-4-6-14-7-9/h8-9H,1-7,11H2/t9-/m1/s1. The molecule has 0 aromatic carbocycles. The van der Waals surface area contributed by atoms with Crippen molar-refractivity contribution < 1.29 is 4.79 Å². The molecule has 1 atom stereocenters. The second-order valence-electron chi connectivity index (χ2n) is 4.09. The van der Waals surface area contributed by atoms with Gasteiger partial charge in [-0.3, -0.25) is 4.79 Å². The van der Waals surface area contributed by atoms with Crippen LogP contribution in [-0.2, 0) is 4.79 Å². The molecule has 1 amide bonds. The van der Waals surface area contributed by atoms with Crippen LogP contribution in [0.3, 0.4) is 0 Å². The molecule has 80 valence electrons. The van der Waals surface area contributed by atoms with Gasteiger partial charge in [0.15, 0.2) is 0 Å².